The van der Waals surface area contributed by atoms with Crippen LogP contribution in [0.2, 0.25) is 5.02 Å². The van der Waals surface area contributed by atoms with E-state index in [1.807, 2.05) is 30.9 Å². The molecule has 3 aliphatic heterocycles. The third-order valence-corrected chi connectivity index (χ3v) is 11.9. The minimum Gasteiger partial charge on any atom is -0.505 e. The number of ether oxygens (including phenoxy) is 1. The summed E-state index contributed by atoms with van der Waals surface area (Å²) in [4.78, 5) is 67.3. The monoisotopic (exact) mass is 832 g/mol. The van der Waals surface area contributed by atoms with E-state index < -0.39 is 52.8 Å². The molecule has 3 aromatic heterocycles. The zero-order valence-electron chi connectivity index (χ0n) is 32.3. The summed E-state index contributed by atoms with van der Waals surface area (Å²) in [6, 6.07) is 12.7. The molecule has 14 nitrogen and oxygen atoms in total. The van der Waals surface area contributed by atoms with Crippen molar-refractivity contribution in [3.05, 3.63) is 104 Å². The van der Waals surface area contributed by atoms with Gasteiger partial charge < -0.3 is 29.5 Å². The Hall–Kier alpha value is -5.81. The van der Waals surface area contributed by atoms with Crippen molar-refractivity contribution in [3.63, 3.8) is 0 Å². The van der Waals surface area contributed by atoms with Crippen LogP contribution in [0.15, 0.2) is 65.6 Å². The smallest absolute Gasteiger partial charge is 0.416 e. The summed E-state index contributed by atoms with van der Waals surface area (Å²) < 4.78 is 49.2. The molecule has 0 unspecified atom stereocenters. The van der Waals surface area contributed by atoms with Crippen LogP contribution in [0, 0.1) is 0 Å². The van der Waals surface area contributed by atoms with Gasteiger partial charge in [-0.05, 0) is 82.3 Å². The second-order valence-electron chi connectivity index (χ2n) is 15.7. The lowest BCUT2D eigenvalue weighted by atomic mass is 9.83. The number of aromatic nitrogens is 5. The molecule has 2 fully saturated rings. The number of hydrogen-bond acceptors (Lipinski definition) is 9. The molecule has 0 saturated carbocycles. The van der Waals surface area contributed by atoms with E-state index in [0.717, 1.165) is 54.2 Å². The zero-order chi connectivity index (χ0) is 42.0. The van der Waals surface area contributed by atoms with Gasteiger partial charge in [0, 0.05) is 37.9 Å². The Kier molecular flexibility index (Phi) is 10.0. The molecule has 308 valence electrons. The first-order chi connectivity index (χ1) is 28.0. The van der Waals surface area contributed by atoms with Crippen molar-refractivity contribution in [1.29, 1.82) is 0 Å². The van der Waals surface area contributed by atoms with Crippen LogP contribution in [-0.4, -0.2) is 83.0 Å². The summed E-state index contributed by atoms with van der Waals surface area (Å²) in [5, 5.41) is 17.2. The summed E-state index contributed by atoms with van der Waals surface area (Å²) in [5.74, 6) is -1.21. The fourth-order valence-corrected chi connectivity index (χ4v) is 8.63. The molecule has 1 spiro atoms. The first kappa shape index (κ1) is 40.0. The van der Waals surface area contributed by atoms with Crippen molar-refractivity contribution >= 4 is 40.8 Å². The van der Waals surface area contributed by atoms with Gasteiger partial charge in [0.2, 0.25) is 17.6 Å². The Morgan fingerprint density at radius 1 is 0.983 bits per heavy atom. The molecule has 59 heavy (non-hydrogen) atoms. The van der Waals surface area contributed by atoms with Crippen LogP contribution < -0.4 is 10.9 Å². The fourth-order valence-electron chi connectivity index (χ4n) is 8.41. The first-order valence-electron chi connectivity index (χ1n) is 19.2. The van der Waals surface area contributed by atoms with E-state index in [4.69, 9.17) is 21.3 Å². The van der Waals surface area contributed by atoms with Crippen LogP contribution in [0.4, 0.5) is 18.9 Å². The number of fused-ring (bicyclic) bond motifs is 3. The average Bonchev–Trinajstić information content (AvgIpc) is 3.96. The number of rotatable bonds is 7. The minimum atomic E-state index is -4.64. The number of carbonyl (C=O) groups is 3. The molecule has 0 radical (unpaired) electrons. The molecule has 0 bridgehead atoms. The van der Waals surface area contributed by atoms with E-state index in [9.17, 15) is 37.5 Å². The molecule has 0 aliphatic carbocycles. The number of nitrogens with zero attached hydrogens (tertiary/aromatic N) is 7. The van der Waals surface area contributed by atoms with Crippen molar-refractivity contribution in [2.75, 3.05) is 31.5 Å². The number of piperidine rings is 1. The van der Waals surface area contributed by atoms with Crippen molar-refractivity contribution in [2.24, 2.45) is 0 Å². The number of alkyl halides is 3. The number of halogens is 4. The summed E-state index contributed by atoms with van der Waals surface area (Å²) in [7, 11) is 0. The number of aromatic hydroxyl groups is 1. The second-order valence-corrected chi connectivity index (χ2v) is 16.1. The molecule has 6 heterocycles. The lowest BCUT2D eigenvalue weighted by Crippen LogP contribution is -2.47. The minimum absolute atomic E-state index is 0.0109. The molecule has 3 amide bonds. The number of pyridine rings is 1. The average molecular weight is 833 g/mol. The van der Waals surface area contributed by atoms with Crippen molar-refractivity contribution in [1.82, 2.24) is 33.9 Å². The topological polar surface area (TPSA) is 164 Å². The van der Waals surface area contributed by atoms with Gasteiger partial charge in [-0.15, -0.1) is 5.10 Å². The summed E-state index contributed by atoms with van der Waals surface area (Å²) in [6.07, 6.45) is -1.67. The fraction of sp³-hybridized carbons (Fsp3) is 0.390. The predicted octanol–water partition coefficient (Wildman–Crippen LogP) is 6.09. The Balaban J connectivity index is 1.17. The van der Waals surface area contributed by atoms with Gasteiger partial charge in [-0.25, -0.2) is 4.98 Å². The summed E-state index contributed by atoms with van der Waals surface area (Å²) >= 11 is 6.18. The molecule has 5 aromatic rings. The maximum Gasteiger partial charge on any atom is 0.416 e. The Bertz CT molecular complexity index is 2560. The molecule has 2 N–H and O–H groups in total. The SMILES string of the molecule is C[C@H]1OC2(CCN(C(=O)c3ncccc3O)CC2)c2c1n(CC(=O)Nc1ccc(C(F)(F)F)cc1Cl)c1nc(-c3ccc(C(C)(C)C(=O)N4CCCC4)cc3)nn1c2=O. The highest BCUT2D eigenvalue weighted by atomic mass is 35.5. The molecular weight excluding hydrogens is 793 g/mol. The maximum absolute atomic E-state index is 14.6. The van der Waals surface area contributed by atoms with E-state index in [2.05, 4.69) is 15.4 Å². The molecule has 2 saturated heterocycles. The maximum atomic E-state index is 14.6. The predicted molar refractivity (Wildman–Crippen MR) is 209 cm³/mol. The van der Waals surface area contributed by atoms with Gasteiger partial charge >= 0.3 is 6.18 Å². The van der Waals surface area contributed by atoms with Gasteiger partial charge in [-0.2, -0.15) is 22.7 Å². The third-order valence-electron chi connectivity index (χ3n) is 11.5. The van der Waals surface area contributed by atoms with Gasteiger partial charge in [0.25, 0.3) is 11.5 Å². The van der Waals surface area contributed by atoms with Gasteiger partial charge in [0.05, 0.1) is 39.0 Å². The van der Waals surface area contributed by atoms with Gasteiger partial charge in [-0.1, -0.05) is 35.9 Å². The van der Waals surface area contributed by atoms with Crippen molar-refractivity contribution < 1.29 is 37.4 Å². The van der Waals surface area contributed by atoms with Crippen LogP contribution >= 0.6 is 11.6 Å². The number of benzene rings is 2. The highest BCUT2D eigenvalue weighted by Gasteiger charge is 2.51. The standard InChI is InChI=1S/C41H40ClF3N8O6/c1-23-33-31(40(59-23)14-19-50(20-15-40)36(57)32-29(54)7-6-16-46-32)35(56)53-38(52(33)22-30(55)47-28-13-12-26(21-27(28)42)41(43,44)45)48-34(49-53)24-8-10-25(11-9-24)39(2,3)37(58)51-17-4-5-18-51/h6-13,16,21,23,54H,4-5,14-15,17-20,22H2,1-3H3,(H,47,55)/t23-/m1/s1. The number of hydrogen-bond donors (Lipinski definition) is 2. The third kappa shape index (κ3) is 7.09. The summed E-state index contributed by atoms with van der Waals surface area (Å²) in [5.41, 5.74) is -1.74. The van der Waals surface area contributed by atoms with Crippen LogP contribution in [0.1, 0.15) is 85.4 Å². The zero-order valence-corrected chi connectivity index (χ0v) is 33.1. The number of likely N-dealkylation sites (tertiary alicyclic amines) is 2. The van der Waals surface area contributed by atoms with E-state index in [0.29, 0.717) is 11.3 Å². The van der Waals surface area contributed by atoms with Crippen LogP contribution in [-0.2, 0) is 38.1 Å². The lowest BCUT2D eigenvalue weighted by molar-refractivity contribution is -0.137. The van der Waals surface area contributed by atoms with E-state index in [-0.39, 0.29) is 71.2 Å². The number of carbonyl (C=O) groups excluding carboxylic acids is 3. The quantitative estimate of drug-likeness (QED) is 0.198. The van der Waals surface area contributed by atoms with Crippen molar-refractivity contribution in [3.8, 4) is 17.1 Å². The highest BCUT2D eigenvalue weighted by molar-refractivity contribution is 6.33. The van der Waals surface area contributed by atoms with E-state index >= 15 is 0 Å². The molecule has 2 aromatic carbocycles. The molecule has 8 rings (SSSR count). The molecule has 18 heteroatoms. The van der Waals surface area contributed by atoms with Crippen LogP contribution in [0.25, 0.3) is 17.2 Å². The highest BCUT2D eigenvalue weighted by Crippen LogP contribution is 2.48. The number of anilines is 1. The van der Waals surface area contributed by atoms with Gasteiger partial charge in [0.15, 0.2) is 11.5 Å². The van der Waals surface area contributed by atoms with Crippen molar-refractivity contribution in [2.45, 2.75) is 76.3 Å². The van der Waals surface area contributed by atoms with Crippen LogP contribution in [0.3, 0.4) is 0 Å². The van der Waals surface area contributed by atoms with Gasteiger partial charge in [-0.3, -0.25) is 19.2 Å². The number of amides is 3. The molecule has 3 aliphatic rings. The number of nitrogens with one attached hydrogen (secondary N) is 1. The van der Waals surface area contributed by atoms with Gasteiger partial charge in [0.1, 0.15) is 17.9 Å². The Morgan fingerprint density at radius 2 is 1.66 bits per heavy atom. The normalized spacial score (nSPS) is 17.8. The van der Waals surface area contributed by atoms with Crippen LogP contribution in [0.5, 0.6) is 5.75 Å². The van der Waals surface area contributed by atoms with E-state index in [1.54, 1.807) is 19.1 Å². The first-order valence-corrected chi connectivity index (χ1v) is 19.6. The lowest BCUT2D eigenvalue weighted by Gasteiger charge is -2.39. The summed E-state index contributed by atoms with van der Waals surface area (Å²) in [6.45, 7) is 6.78. The Morgan fingerprint density at radius 3 is 2.31 bits per heavy atom. The largest absolute Gasteiger partial charge is 0.505 e. The Labute approximate surface area is 340 Å². The molecular formula is C41H40ClF3N8O6. The molecule has 1 atom stereocenters. The van der Waals surface area contributed by atoms with E-state index in [1.165, 1.54) is 27.8 Å². The second kappa shape index (κ2) is 14.8.